The predicted octanol–water partition coefficient (Wildman–Crippen LogP) is 1.96. The first-order valence-electron chi connectivity index (χ1n) is 7.02. The Bertz CT molecular complexity index is 1070. The zero-order chi connectivity index (χ0) is 18.1. The fourth-order valence-electron chi connectivity index (χ4n) is 2.31. The Kier molecular flexibility index (Phi) is 4.02. The summed E-state index contributed by atoms with van der Waals surface area (Å²) in [6.45, 7) is 0. The number of halogens is 2. The van der Waals surface area contributed by atoms with Gasteiger partial charge in [-0.15, -0.1) is 0 Å². The minimum absolute atomic E-state index is 0.00959. The number of carboxylic acids is 1. The van der Waals surface area contributed by atoms with Gasteiger partial charge in [-0.1, -0.05) is 0 Å². The second kappa shape index (κ2) is 6.16. The maximum atomic E-state index is 13.1. The molecule has 0 radical (unpaired) electrons. The molecule has 0 atom stereocenters. The molecule has 25 heavy (non-hydrogen) atoms. The molecule has 1 aromatic heterocycles. The second-order valence-electron chi connectivity index (χ2n) is 5.09. The first-order chi connectivity index (χ1) is 11.9. The maximum Gasteiger partial charge on any atom is 0.342 e. The Morgan fingerprint density at radius 1 is 0.840 bits per heavy atom. The van der Waals surface area contributed by atoms with Gasteiger partial charge in [0.05, 0.1) is 11.4 Å². The van der Waals surface area contributed by atoms with Crippen molar-refractivity contribution in [3.05, 3.63) is 92.8 Å². The van der Waals surface area contributed by atoms with E-state index in [0.717, 1.165) is 35.0 Å². The fraction of sp³-hybridized carbons (Fsp3) is 0. The van der Waals surface area contributed by atoms with Gasteiger partial charge in [0.2, 0.25) is 0 Å². The van der Waals surface area contributed by atoms with E-state index in [0.29, 0.717) is 4.57 Å². The van der Waals surface area contributed by atoms with E-state index < -0.39 is 34.4 Å². The number of hydrogen-bond acceptors (Lipinski definition) is 3. The number of aromatic carboxylic acids is 1. The van der Waals surface area contributed by atoms with Gasteiger partial charge in [0.15, 0.2) is 0 Å². The fourth-order valence-corrected chi connectivity index (χ4v) is 2.31. The van der Waals surface area contributed by atoms with Crippen molar-refractivity contribution in [2.24, 2.45) is 0 Å². The Labute approximate surface area is 138 Å². The minimum Gasteiger partial charge on any atom is -0.477 e. The largest absolute Gasteiger partial charge is 0.477 e. The van der Waals surface area contributed by atoms with Gasteiger partial charge in [0, 0.05) is 6.20 Å². The van der Waals surface area contributed by atoms with Crippen molar-refractivity contribution in [3.63, 3.8) is 0 Å². The van der Waals surface area contributed by atoms with Crippen molar-refractivity contribution in [2.75, 3.05) is 0 Å². The first-order valence-corrected chi connectivity index (χ1v) is 7.02. The Morgan fingerprint density at radius 2 is 1.32 bits per heavy atom. The molecule has 3 rings (SSSR count). The monoisotopic (exact) mass is 344 g/mol. The van der Waals surface area contributed by atoms with Crippen LogP contribution in [0.4, 0.5) is 8.78 Å². The van der Waals surface area contributed by atoms with E-state index in [1.807, 2.05) is 0 Å². The summed E-state index contributed by atoms with van der Waals surface area (Å²) in [6.07, 6.45) is 0.875. The van der Waals surface area contributed by atoms with Crippen molar-refractivity contribution in [1.82, 2.24) is 9.13 Å². The van der Waals surface area contributed by atoms with Crippen molar-refractivity contribution in [1.29, 1.82) is 0 Å². The summed E-state index contributed by atoms with van der Waals surface area (Å²) in [5, 5.41) is 9.24. The van der Waals surface area contributed by atoms with Crippen LogP contribution >= 0.6 is 0 Å². The summed E-state index contributed by atoms with van der Waals surface area (Å²) in [5.41, 5.74) is -2.40. The van der Waals surface area contributed by atoms with E-state index in [1.165, 1.54) is 24.3 Å². The van der Waals surface area contributed by atoms with Crippen LogP contribution in [0.1, 0.15) is 10.4 Å². The van der Waals surface area contributed by atoms with E-state index in [-0.39, 0.29) is 11.4 Å². The number of benzene rings is 2. The van der Waals surface area contributed by atoms with Crippen molar-refractivity contribution in [2.45, 2.75) is 0 Å². The highest BCUT2D eigenvalue weighted by atomic mass is 19.1. The normalized spacial score (nSPS) is 10.6. The number of aromatic nitrogens is 2. The number of hydrogen-bond donors (Lipinski definition) is 1. The number of rotatable bonds is 3. The summed E-state index contributed by atoms with van der Waals surface area (Å²) in [6, 6.07) is 9.15. The molecule has 0 aliphatic carbocycles. The second-order valence-corrected chi connectivity index (χ2v) is 5.09. The highest BCUT2D eigenvalue weighted by Gasteiger charge is 2.18. The minimum atomic E-state index is -1.53. The molecule has 0 saturated heterocycles. The van der Waals surface area contributed by atoms with Gasteiger partial charge in [-0.25, -0.2) is 22.9 Å². The molecule has 126 valence electrons. The van der Waals surface area contributed by atoms with Crippen LogP contribution in [0, 0.1) is 11.6 Å². The molecule has 0 aliphatic rings. The van der Waals surface area contributed by atoms with E-state index >= 15 is 0 Å². The van der Waals surface area contributed by atoms with Gasteiger partial charge in [-0.2, -0.15) is 0 Å². The molecule has 6 nitrogen and oxygen atoms in total. The van der Waals surface area contributed by atoms with Gasteiger partial charge in [0.25, 0.3) is 5.56 Å². The molecule has 1 heterocycles. The third kappa shape index (κ3) is 2.97. The van der Waals surface area contributed by atoms with Crippen LogP contribution in [0.25, 0.3) is 11.4 Å². The average Bonchev–Trinajstić information content (AvgIpc) is 2.57. The van der Waals surface area contributed by atoms with Crippen LogP contribution in [-0.4, -0.2) is 20.2 Å². The molecule has 0 bridgehead atoms. The van der Waals surface area contributed by atoms with Crippen molar-refractivity contribution < 1.29 is 18.7 Å². The standard InChI is InChI=1S/C17H10F2N2O4/c18-10-1-5-12(6-2-10)20-9-14(16(23)24)15(22)21(17(20)25)13-7-3-11(19)4-8-13/h1-9H,(H,23,24). The number of carbonyl (C=O) groups is 1. The molecule has 0 unspecified atom stereocenters. The van der Waals surface area contributed by atoms with E-state index in [4.69, 9.17) is 0 Å². The van der Waals surface area contributed by atoms with Crippen molar-refractivity contribution in [3.8, 4) is 11.4 Å². The molecule has 0 fully saturated rings. The molecule has 3 aromatic rings. The van der Waals surface area contributed by atoms with Crippen LogP contribution in [0.2, 0.25) is 0 Å². The summed E-state index contributed by atoms with van der Waals surface area (Å²) >= 11 is 0. The SMILES string of the molecule is O=C(O)c1cn(-c2ccc(F)cc2)c(=O)n(-c2ccc(F)cc2)c1=O. The average molecular weight is 344 g/mol. The van der Waals surface area contributed by atoms with Crippen LogP contribution in [0.15, 0.2) is 64.3 Å². The molecule has 0 spiro atoms. The van der Waals surface area contributed by atoms with Crippen LogP contribution < -0.4 is 11.2 Å². The predicted molar refractivity (Wildman–Crippen MR) is 84.5 cm³/mol. The lowest BCUT2D eigenvalue weighted by atomic mass is 10.2. The third-order valence-electron chi connectivity index (χ3n) is 3.51. The Balaban J connectivity index is 2.36. The molecule has 0 aliphatic heterocycles. The maximum absolute atomic E-state index is 13.1. The highest BCUT2D eigenvalue weighted by molar-refractivity contribution is 5.86. The summed E-state index contributed by atoms with van der Waals surface area (Å²) in [4.78, 5) is 36.4. The third-order valence-corrected chi connectivity index (χ3v) is 3.51. The molecule has 1 N–H and O–H groups in total. The lowest BCUT2D eigenvalue weighted by Crippen LogP contribution is -2.40. The molecular formula is C17H10F2N2O4. The topological polar surface area (TPSA) is 81.3 Å². The summed E-state index contributed by atoms with van der Waals surface area (Å²) < 4.78 is 27.7. The Morgan fingerprint density at radius 3 is 1.80 bits per heavy atom. The zero-order valence-corrected chi connectivity index (χ0v) is 12.5. The van der Waals surface area contributed by atoms with E-state index in [9.17, 15) is 28.3 Å². The lowest BCUT2D eigenvalue weighted by Gasteiger charge is -2.12. The van der Waals surface area contributed by atoms with Gasteiger partial charge in [0.1, 0.15) is 17.2 Å². The molecule has 2 aromatic carbocycles. The smallest absolute Gasteiger partial charge is 0.342 e. The summed E-state index contributed by atoms with van der Waals surface area (Å²) in [7, 11) is 0. The molecular weight excluding hydrogens is 334 g/mol. The molecule has 8 heteroatoms. The van der Waals surface area contributed by atoms with Crippen LogP contribution in [-0.2, 0) is 0 Å². The Hall–Kier alpha value is -3.55. The van der Waals surface area contributed by atoms with Crippen LogP contribution in [0.5, 0.6) is 0 Å². The van der Waals surface area contributed by atoms with Gasteiger partial charge < -0.3 is 5.11 Å². The van der Waals surface area contributed by atoms with Crippen molar-refractivity contribution >= 4 is 5.97 Å². The molecule has 0 amide bonds. The number of nitrogens with zero attached hydrogens (tertiary/aromatic N) is 2. The number of carboxylic acid groups (broad SMARTS) is 1. The lowest BCUT2D eigenvalue weighted by molar-refractivity contribution is 0.0693. The van der Waals surface area contributed by atoms with Gasteiger partial charge in [-0.3, -0.25) is 9.36 Å². The summed E-state index contributed by atoms with van der Waals surface area (Å²) in [5.74, 6) is -2.65. The van der Waals surface area contributed by atoms with Gasteiger partial charge in [-0.05, 0) is 48.5 Å². The van der Waals surface area contributed by atoms with Crippen LogP contribution in [0.3, 0.4) is 0 Å². The zero-order valence-electron chi connectivity index (χ0n) is 12.5. The van der Waals surface area contributed by atoms with E-state index in [1.54, 1.807) is 0 Å². The van der Waals surface area contributed by atoms with Gasteiger partial charge >= 0.3 is 11.7 Å². The highest BCUT2D eigenvalue weighted by Crippen LogP contribution is 2.09. The quantitative estimate of drug-likeness (QED) is 0.788. The molecule has 0 saturated carbocycles. The van der Waals surface area contributed by atoms with E-state index in [2.05, 4.69) is 0 Å². The first kappa shape index (κ1) is 16.3.